The first-order chi connectivity index (χ1) is 14.4. The molecule has 2 atom stereocenters. The molecule has 30 heavy (non-hydrogen) atoms. The van der Waals surface area contributed by atoms with Crippen molar-refractivity contribution in [2.45, 2.75) is 19.8 Å². The van der Waals surface area contributed by atoms with Crippen LogP contribution in [-0.4, -0.2) is 24.8 Å². The SMILES string of the molecule is COc1ccc(Cl)cc1NC(=O)c1cccc(N2C(=O)[C@H]3CC=C(C)C[C@H]3C2=O)c1. The number of amides is 3. The highest BCUT2D eigenvalue weighted by Gasteiger charge is 2.48. The van der Waals surface area contributed by atoms with E-state index in [2.05, 4.69) is 5.32 Å². The Bertz CT molecular complexity index is 1080. The second-order valence-electron chi connectivity index (χ2n) is 7.56. The summed E-state index contributed by atoms with van der Waals surface area (Å²) >= 11 is 6.02. The van der Waals surface area contributed by atoms with Crippen molar-refractivity contribution < 1.29 is 19.1 Å². The van der Waals surface area contributed by atoms with E-state index >= 15 is 0 Å². The topological polar surface area (TPSA) is 75.7 Å². The number of imide groups is 1. The third kappa shape index (κ3) is 3.59. The van der Waals surface area contributed by atoms with Crippen LogP contribution in [0.25, 0.3) is 0 Å². The van der Waals surface area contributed by atoms with Gasteiger partial charge in [-0.15, -0.1) is 0 Å². The lowest BCUT2D eigenvalue weighted by molar-refractivity contribution is -0.122. The second kappa shape index (κ2) is 7.95. The van der Waals surface area contributed by atoms with Crippen molar-refractivity contribution in [2.75, 3.05) is 17.3 Å². The molecule has 3 amide bonds. The quantitative estimate of drug-likeness (QED) is 0.581. The molecule has 2 aromatic rings. The first kappa shape index (κ1) is 20.2. The Morgan fingerprint density at radius 3 is 2.67 bits per heavy atom. The van der Waals surface area contributed by atoms with E-state index in [1.54, 1.807) is 42.5 Å². The number of nitrogens with one attached hydrogen (secondary N) is 1. The number of nitrogens with zero attached hydrogens (tertiary/aromatic N) is 1. The maximum absolute atomic E-state index is 12.9. The van der Waals surface area contributed by atoms with Crippen LogP contribution in [0.3, 0.4) is 0 Å². The minimum atomic E-state index is -0.397. The molecule has 0 saturated carbocycles. The Kier molecular flexibility index (Phi) is 5.35. The number of methoxy groups -OCH3 is 1. The van der Waals surface area contributed by atoms with Gasteiger partial charge in [-0.1, -0.05) is 29.3 Å². The minimum Gasteiger partial charge on any atom is -0.495 e. The second-order valence-corrected chi connectivity index (χ2v) is 8.00. The standard InChI is InChI=1S/C23H21ClN2O4/c1-13-6-8-17-18(10-13)23(29)26(22(17)28)16-5-3-4-14(11-16)21(27)25-19-12-15(24)7-9-20(19)30-2/h3-7,9,11-12,17-18H,8,10H2,1-2H3,(H,25,27)/t17-,18+/m0/s1. The van der Waals surface area contributed by atoms with Crippen LogP contribution in [0.1, 0.15) is 30.1 Å². The number of hydrogen-bond acceptors (Lipinski definition) is 4. The average Bonchev–Trinajstić information content (AvgIpc) is 2.98. The molecule has 4 rings (SSSR count). The fourth-order valence-electron chi connectivity index (χ4n) is 4.05. The molecule has 0 aromatic heterocycles. The number of carbonyl (C=O) groups excluding carboxylic acids is 3. The van der Waals surface area contributed by atoms with Crippen molar-refractivity contribution in [1.82, 2.24) is 0 Å². The van der Waals surface area contributed by atoms with Gasteiger partial charge in [-0.25, -0.2) is 0 Å². The highest BCUT2D eigenvalue weighted by Crippen LogP contribution is 2.40. The van der Waals surface area contributed by atoms with Crippen LogP contribution in [0.15, 0.2) is 54.1 Å². The van der Waals surface area contributed by atoms with E-state index in [4.69, 9.17) is 16.3 Å². The molecular weight excluding hydrogens is 404 g/mol. The van der Waals surface area contributed by atoms with Crippen LogP contribution in [-0.2, 0) is 9.59 Å². The Morgan fingerprint density at radius 1 is 1.13 bits per heavy atom. The molecule has 154 valence electrons. The van der Waals surface area contributed by atoms with Gasteiger partial charge in [-0.05, 0) is 56.2 Å². The zero-order valence-corrected chi connectivity index (χ0v) is 17.4. The summed E-state index contributed by atoms with van der Waals surface area (Å²) in [5.41, 5.74) is 2.28. The van der Waals surface area contributed by atoms with Crippen LogP contribution in [0.4, 0.5) is 11.4 Å². The van der Waals surface area contributed by atoms with Gasteiger partial charge in [-0.2, -0.15) is 0 Å². The number of fused-ring (bicyclic) bond motifs is 1. The molecule has 1 fully saturated rings. The summed E-state index contributed by atoms with van der Waals surface area (Å²) in [5, 5.41) is 3.23. The van der Waals surface area contributed by atoms with E-state index in [9.17, 15) is 14.4 Å². The lowest BCUT2D eigenvalue weighted by Gasteiger charge is -2.18. The molecule has 0 bridgehead atoms. The van der Waals surface area contributed by atoms with Crippen LogP contribution in [0, 0.1) is 11.8 Å². The van der Waals surface area contributed by atoms with Crippen LogP contribution in [0.2, 0.25) is 5.02 Å². The maximum Gasteiger partial charge on any atom is 0.255 e. The molecule has 7 heteroatoms. The van der Waals surface area contributed by atoms with E-state index < -0.39 is 5.91 Å². The third-order valence-corrected chi connectivity index (χ3v) is 5.83. The number of hydrogen-bond donors (Lipinski definition) is 1. The first-order valence-electron chi connectivity index (χ1n) is 9.67. The van der Waals surface area contributed by atoms with Gasteiger partial charge in [0, 0.05) is 10.6 Å². The lowest BCUT2D eigenvalue weighted by atomic mass is 9.82. The zero-order valence-electron chi connectivity index (χ0n) is 16.6. The van der Waals surface area contributed by atoms with Gasteiger partial charge < -0.3 is 10.1 Å². The average molecular weight is 425 g/mol. The third-order valence-electron chi connectivity index (χ3n) is 5.60. The molecule has 0 unspecified atom stereocenters. The number of ether oxygens (including phenoxy) is 1. The summed E-state index contributed by atoms with van der Waals surface area (Å²) in [4.78, 5) is 39.9. The van der Waals surface area contributed by atoms with E-state index in [0.717, 1.165) is 5.57 Å². The van der Waals surface area contributed by atoms with Crippen LogP contribution >= 0.6 is 11.6 Å². The van der Waals surface area contributed by atoms with Gasteiger partial charge in [0.05, 0.1) is 30.3 Å². The van der Waals surface area contributed by atoms with Crippen molar-refractivity contribution in [3.63, 3.8) is 0 Å². The highest BCUT2D eigenvalue weighted by molar-refractivity contribution is 6.31. The monoisotopic (exact) mass is 424 g/mol. The molecule has 2 aliphatic rings. The first-order valence-corrected chi connectivity index (χ1v) is 10.0. The minimum absolute atomic E-state index is 0.202. The van der Waals surface area contributed by atoms with E-state index in [-0.39, 0.29) is 23.7 Å². The van der Waals surface area contributed by atoms with Crippen molar-refractivity contribution in [3.8, 4) is 5.75 Å². The number of carbonyl (C=O) groups is 3. The summed E-state index contributed by atoms with van der Waals surface area (Å²) in [7, 11) is 1.50. The fraction of sp³-hybridized carbons (Fsp3) is 0.261. The molecule has 0 spiro atoms. The maximum atomic E-state index is 12.9. The molecule has 1 aliphatic heterocycles. The molecule has 1 saturated heterocycles. The van der Waals surface area contributed by atoms with Gasteiger partial charge in [-0.3, -0.25) is 19.3 Å². The Labute approximate surface area is 179 Å². The highest BCUT2D eigenvalue weighted by atomic mass is 35.5. The number of allylic oxidation sites excluding steroid dienone is 2. The van der Waals surface area contributed by atoms with Crippen molar-refractivity contribution in [3.05, 3.63) is 64.7 Å². The number of halogens is 1. The number of anilines is 2. The summed E-state index contributed by atoms with van der Waals surface area (Å²) in [6.07, 6.45) is 3.20. The van der Waals surface area contributed by atoms with Gasteiger partial charge in [0.2, 0.25) is 11.8 Å². The molecule has 0 radical (unpaired) electrons. The number of rotatable bonds is 4. The molecule has 1 N–H and O–H groups in total. The summed E-state index contributed by atoms with van der Waals surface area (Å²) in [6.45, 7) is 1.98. The van der Waals surface area contributed by atoms with E-state index in [1.165, 1.54) is 12.0 Å². The largest absolute Gasteiger partial charge is 0.495 e. The molecule has 6 nitrogen and oxygen atoms in total. The van der Waals surface area contributed by atoms with Gasteiger partial charge in [0.1, 0.15) is 5.75 Å². The van der Waals surface area contributed by atoms with Crippen molar-refractivity contribution in [1.29, 1.82) is 0 Å². The summed E-state index contributed by atoms with van der Waals surface area (Å²) < 4.78 is 5.26. The van der Waals surface area contributed by atoms with Gasteiger partial charge >= 0.3 is 0 Å². The van der Waals surface area contributed by atoms with Crippen LogP contribution in [0.5, 0.6) is 5.75 Å². The summed E-state index contributed by atoms with van der Waals surface area (Å²) in [6, 6.07) is 11.4. The predicted molar refractivity (Wildman–Crippen MR) is 115 cm³/mol. The lowest BCUT2D eigenvalue weighted by Crippen LogP contribution is -2.31. The van der Waals surface area contributed by atoms with Crippen LogP contribution < -0.4 is 15.0 Å². The molecular formula is C23H21ClN2O4. The zero-order chi connectivity index (χ0) is 21.4. The van der Waals surface area contributed by atoms with Crippen molar-refractivity contribution >= 4 is 40.7 Å². The van der Waals surface area contributed by atoms with Gasteiger partial charge in [0.15, 0.2) is 0 Å². The summed E-state index contributed by atoms with van der Waals surface area (Å²) in [5.74, 6) is -0.980. The predicted octanol–water partition coefficient (Wildman–Crippen LogP) is 4.45. The fourth-order valence-corrected chi connectivity index (χ4v) is 4.22. The smallest absolute Gasteiger partial charge is 0.255 e. The molecule has 1 heterocycles. The van der Waals surface area contributed by atoms with E-state index in [0.29, 0.717) is 40.6 Å². The van der Waals surface area contributed by atoms with E-state index in [1.807, 2.05) is 13.0 Å². The Balaban J connectivity index is 1.59. The van der Waals surface area contributed by atoms with Crippen molar-refractivity contribution in [2.24, 2.45) is 11.8 Å². The normalized spacial score (nSPS) is 20.6. The molecule has 1 aliphatic carbocycles. The molecule has 2 aromatic carbocycles. The Morgan fingerprint density at radius 2 is 1.90 bits per heavy atom. The van der Waals surface area contributed by atoms with Gasteiger partial charge in [0.25, 0.3) is 5.91 Å². The number of benzene rings is 2. The Hall–Kier alpha value is -3.12.